The van der Waals surface area contributed by atoms with E-state index in [2.05, 4.69) is 25.7 Å². The number of likely N-dealkylation sites (tertiary alicyclic amines) is 1. The van der Waals surface area contributed by atoms with Gasteiger partial charge in [-0.1, -0.05) is 20.8 Å². The van der Waals surface area contributed by atoms with Gasteiger partial charge in [-0.15, -0.1) is 0 Å². The van der Waals surface area contributed by atoms with Crippen molar-refractivity contribution >= 4 is 0 Å². The van der Waals surface area contributed by atoms with E-state index in [0.29, 0.717) is 5.54 Å². The molecule has 0 spiro atoms. The largest absolute Gasteiger partial charge is 0.329 e. The number of piperidine rings is 1. The van der Waals surface area contributed by atoms with Crippen LogP contribution in [0.1, 0.15) is 40.0 Å². The SMILES string of the molecule is CC1CC(C)CN(C2(CN)CC(C)C2)C1. The molecule has 0 aromatic heterocycles. The zero-order valence-electron chi connectivity index (χ0n) is 10.5. The Morgan fingerprint density at radius 3 is 2.00 bits per heavy atom. The zero-order chi connectivity index (χ0) is 11.1. The second-order valence-corrected chi connectivity index (χ2v) is 6.29. The molecule has 1 saturated heterocycles. The summed E-state index contributed by atoms with van der Waals surface area (Å²) in [7, 11) is 0. The third-order valence-electron chi connectivity index (χ3n) is 4.38. The van der Waals surface area contributed by atoms with Crippen molar-refractivity contribution in [2.45, 2.75) is 45.6 Å². The summed E-state index contributed by atoms with van der Waals surface area (Å²) in [5.74, 6) is 2.60. The Morgan fingerprint density at radius 2 is 1.60 bits per heavy atom. The molecule has 2 fully saturated rings. The minimum absolute atomic E-state index is 0.377. The highest BCUT2D eigenvalue weighted by Crippen LogP contribution is 2.43. The average Bonchev–Trinajstić information content (AvgIpc) is 2.10. The molecule has 0 aromatic carbocycles. The van der Waals surface area contributed by atoms with E-state index in [9.17, 15) is 0 Å². The van der Waals surface area contributed by atoms with Gasteiger partial charge in [-0.2, -0.15) is 0 Å². The summed E-state index contributed by atoms with van der Waals surface area (Å²) in [5.41, 5.74) is 6.39. The average molecular weight is 210 g/mol. The lowest BCUT2D eigenvalue weighted by atomic mass is 9.67. The molecule has 0 radical (unpaired) electrons. The summed E-state index contributed by atoms with van der Waals surface area (Å²) in [6, 6.07) is 0. The van der Waals surface area contributed by atoms with Crippen LogP contribution in [0.5, 0.6) is 0 Å². The smallest absolute Gasteiger partial charge is 0.0337 e. The first-order valence-electron chi connectivity index (χ1n) is 6.51. The number of nitrogens with zero attached hydrogens (tertiary/aromatic N) is 1. The third-order valence-corrected chi connectivity index (χ3v) is 4.38. The molecule has 2 heteroatoms. The quantitative estimate of drug-likeness (QED) is 0.756. The second-order valence-electron chi connectivity index (χ2n) is 6.29. The van der Waals surface area contributed by atoms with Gasteiger partial charge >= 0.3 is 0 Å². The fourth-order valence-corrected chi connectivity index (χ4v) is 3.84. The Bertz CT molecular complexity index is 211. The van der Waals surface area contributed by atoms with Gasteiger partial charge in [-0.3, -0.25) is 4.90 Å². The number of rotatable bonds is 2. The van der Waals surface area contributed by atoms with E-state index < -0.39 is 0 Å². The van der Waals surface area contributed by atoms with Crippen LogP contribution in [-0.4, -0.2) is 30.1 Å². The number of hydrogen-bond acceptors (Lipinski definition) is 2. The van der Waals surface area contributed by atoms with Crippen molar-refractivity contribution < 1.29 is 0 Å². The van der Waals surface area contributed by atoms with Gasteiger partial charge in [0.1, 0.15) is 0 Å². The predicted molar refractivity (Wildman–Crippen MR) is 64.7 cm³/mol. The molecule has 2 N–H and O–H groups in total. The van der Waals surface area contributed by atoms with Gasteiger partial charge in [0.25, 0.3) is 0 Å². The Balaban J connectivity index is 2.02. The maximum atomic E-state index is 6.01. The maximum absolute atomic E-state index is 6.01. The molecule has 2 nitrogen and oxygen atoms in total. The van der Waals surface area contributed by atoms with Gasteiger partial charge in [0.15, 0.2) is 0 Å². The Kier molecular flexibility index (Phi) is 3.09. The molecular formula is C13H26N2. The van der Waals surface area contributed by atoms with Crippen LogP contribution >= 0.6 is 0 Å². The molecule has 2 atom stereocenters. The summed E-state index contributed by atoms with van der Waals surface area (Å²) >= 11 is 0. The summed E-state index contributed by atoms with van der Waals surface area (Å²) in [5, 5.41) is 0. The predicted octanol–water partition coefficient (Wildman–Crippen LogP) is 2.09. The summed E-state index contributed by atoms with van der Waals surface area (Å²) in [6.07, 6.45) is 4.04. The molecule has 2 aliphatic rings. The van der Waals surface area contributed by atoms with Gasteiger partial charge in [0, 0.05) is 25.2 Å². The van der Waals surface area contributed by atoms with E-state index in [4.69, 9.17) is 5.73 Å². The van der Waals surface area contributed by atoms with E-state index >= 15 is 0 Å². The Morgan fingerprint density at radius 1 is 1.07 bits per heavy atom. The van der Waals surface area contributed by atoms with Crippen molar-refractivity contribution in [3.05, 3.63) is 0 Å². The number of nitrogens with two attached hydrogens (primary N) is 1. The van der Waals surface area contributed by atoms with Crippen LogP contribution in [0.2, 0.25) is 0 Å². The third kappa shape index (κ3) is 2.07. The van der Waals surface area contributed by atoms with Crippen LogP contribution in [0.15, 0.2) is 0 Å². The van der Waals surface area contributed by atoms with Crippen LogP contribution in [0.4, 0.5) is 0 Å². The van der Waals surface area contributed by atoms with Crippen molar-refractivity contribution in [3.63, 3.8) is 0 Å². The molecule has 1 aliphatic carbocycles. The van der Waals surface area contributed by atoms with Crippen molar-refractivity contribution in [3.8, 4) is 0 Å². The first-order chi connectivity index (χ1) is 7.05. The zero-order valence-corrected chi connectivity index (χ0v) is 10.5. The summed E-state index contributed by atoms with van der Waals surface area (Å²) in [6.45, 7) is 10.5. The van der Waals surface area contributed by atoms with E-state index in [1.54, 1.807) is 0 Å². The molecule has 1 aliphatic heterocycles. The summed E-state index contributed by atoms with van der Waals surface area (Å²) < 4.78 is 0. The van der Waals surface area contributed by atoms with Crippen molar-refractivity contribution in [2.75, 3.05) is 19.6 Å². The maximum Gasteiger partial charge on any atom is 0.0337 e. The van der Waals surface area contributed by atoms with Crippen LogP contribution in [0.25, 0.3) is 0 Å². The van der Waals surface area contributed by atoms with Crippen LogP contribution in [0, 0.1) is 17.8 Å². The van der Waals surface area contributed by atoms with Crippen molar-refractivity contribution in [1.29, 1.82) is 0 Å². The van der Waals surface area contributed by atoms with Crippen LogP contribution < -0.4 is 5.73 Å². The molecule has 0 bridgehead atoms. The molecule has 1 heterocycles. The van der Waals surface area contributed by atoms with E-state index in [0.717, 1.165) is 24.3 Å². The highest BCUT2D eigenvalue weighted by atomic mass is 15.2. The first-order valence-corrected chi connectivity index (χ1v) is 6.51. The van der Waals surface area contributed by atoms with Crippen molar-refractivity contribution in [2.24, 2.45) is 23.5 Å². The van der Waals surface area contributed by atoms with Gasteiger partial charge in [0.2, 0.25) is 0 Å². The fraction of sp³-hybridized carbons (Fsp3) is 1.00. The molecule has 1 saturated carbocycles. The van der Waals surface area contributed by atoms with E-state index in [1.165, 1.54) is 32.4 Å². The normalized spacial score (nSPS) is 47.6. The molecule has 0 aromatic rings. The highest BCUT2D eigenvalue weighted by molar-refractivity contribution is 5.03. The van der Waals surface area contributed by atoms with E-state index in [1.807, 2.05) is 0 Å². The van der Waals surface area contributed by atoms with Crippen LogP contribution in [-0.2, 0) is 0 Å². The topological polar surface area (TPSA) is 29.3 Å². The van der Waals surface area contributed by atoms with Gasteiger partial charge in [-0.05, 0) is 37.0 Å². The van der Waals surface area contributed by atoms with Gasteiger partial charge in [0.05, 0.1) is 0 Å². The van der Waals surface area contributed by atoms with E-state index in [-0.39, 0.29) is 0 Å². The lowest BCUT2D eigenvalue weighted by Crippen LogP contribution is -2.64. The first kappa shape index (κ1) is 11.4. The lowest BCUT2D eigenvalue weighted by Gasteiger charge is -2.56. The van der Waals surface area contributed by atoms with Gasteiger partial charge in [-0.25, -0.2) is 0 Å². The van der Waals surface area contributed by atoms with Crippen LogP contribution in [0.3, 0.4) is 0 Å². The second kappa shape index (κ2) is 4.06. The monoisotopic (exact) mass is 210 g/mol. The van der Waals surface area contributed by atoms with Gasteiger partial charge < -0.3 is 5.73 Å². The molecule has 0 amide bonds. The minimum atomic E-state index is 0.377. The minimum Gasteiger partial charge on any atom is -0.329 e. The lowest BCUT2D eigenvalue weighted by molar-refractivity contribution is -0.0475. The number of hydrogen-bond donors (Lipinski definition) is 1. The fourth-order valence-electron chi connectivity index (χ4n) is 3.84. The standard InChI is InChI=1S/C13H26N2/c1-10-4-11(2)8-15(7-10)13(9-14)5-12(3)6-13/h10-12H,4-9,14H2,1-3H3. The molecular weight excluding hydrogens is 184 g/mol. The molecule has 15 heavy (non-hydrogen) atoms. The summed E-state index contributed by atoms with van der Waals surface area (Å²) in [4.78, 5) is 2.70. The Hall–Kier alpha value is -0.0800. The molecule has 88 valence electrons. The van der Waals surface area contributed by atoms with Crippen molar-refractivity contribution in [1.82, 2.24) is 4.90 Å². The molecule has 2 rings (SSSR count). The molecule has 2 unspecified atom stereocenters. The highest BCUT2D eigenvalue weighted by Gasteiger charge is 2.46. The Labute approximate surface area is 94.2 Å².